The average molecular weight is 291 g/mol. The van der Waals surface area contributed by atoms with Gasteiger partial charge in [0.15, 0.2) is 0 Å². The number of aromatic nitrogens is 1. The van der Waals surface area contributed by atoms with Crippen molar-refractivity contribution in [1.82, 2.24) is 14.8 Å². The Labute approximate surface area is 128 Å². The van der Waals surface area contributed by atoms with Gasteiger partial charge < -0.3 is 14.8 Å². The van der Waals surface area contributed by atoms with Crippen molar-refractivity contribution in [3.8, 4) is 0 Å². The zero-order valence-electron chi connectivity index (χ0n) is 13.6. The second-order valence-corrected chi connectivity index (χ2v) is 6.36. The largest absolute Gasteiger partial charge is 0.341 e. The van der Waals surface area contributed by atoms with Gasteiger partial charge in [-0.15, -0.1) is 0 Å². The molecule has 2 rings (SSSR count). The van der Waals surface area contributed by atoms with Crippen LogP contribution in [0.15, 0.2) is 18.3 Å². The smallest absolute Gasteiger partial charge is 0.270 e. The van der Waals surface area contributed by atoms with E-state index in [2.05, 4.69) is 30.7 Å². The summed E-state index contributed by atoms with van der Waals surface area (Å²) in [7, 11) is 0. The van der Waals surface area contributed by atoms with E-state index in [4.69, 9.17) is 0 Å². The second kappa shape index (κ2) is 7.64. The summed E-state index contributed by atoms with van der Waals surface area (Å²) in [6, 6.07) is 4.24. The fourth-order valence-corrected chi connectivity index (χ4v) is 3.12. The lowest BCUT2D eigenvalue weighted by molar-refractivity contribution is 0.0706. The molecule has 4 nitrogen and oxygen atoms in total. The normalized spacial score (nSPS) is 19.0. The van der Waals surface area contributed by atoms with Crippen LogP contribution in [0.5, 0.6) is 0 Å². The lowest BCUT2D eigenvalue weighted by Crippen LogP contribution is -2.42. The molecule has 0 spiro atoms. The summed E-state index contributed by atoms with van der Waals surface area (Å²) in [4.78, 5) is 14.9. The van der Waals surface area contributed by atoms with E-state index in [0.29, 0.717) is 12.0 Å². The number of carbonyl (C=O) groups excluding carboxylic acids is 1. The van der Waals surface area contributed by atoms with Crippen LogP contribution in [0.1, 0.15) is 56.6 Å². The van der Waals surface area contributed by atoms with Crippen molar-refractivity contribution >= 4 is 5.91 Å². The van der Waals surface area contributed by atoms with E-state index >= 15 is 0 Å². The Hall–Kier alpha value is -1.29. The average Bonchev–Trinajstić information content (AvgIpc) is 2.97. The maximum Gasteiger partial charge on any atom is 0.270 e. The third kappa shape index (κ3) is 4.10. The fourth-order valence-electron chi connectivity index (χ4n) is 3.12. The highest BCUT2D eigenvalue weighted by molar-refractivity contribution is 5.92. The Morgan fingerprint density at radius 2 is 2.33 bits per heavy atom. The summed E-state index contributed by atoms with van der Waals surface area (Å²) in [5.41, 5.74) is 0.821. The molecule has 1 aliphatic rings. The molecule has 1 aromatic rings. The topological polar surface area (TPSA) is 37.3 Å². The number of piperidine rings is 1. The number of amides is 1. The molecule has 1 saturated heterocycles. The number of carbonyl (C=O) groups is 1. The van der Waals surface area contributed by atoms with Crippen LogP contribution < -0.4 is 5.32 Å². The van der Waals surface area contributed by atoms with Gasteiger partial charge in [0.05, 0.1) is 0 Å². The van der Waals surface area contributed by atoms with Crippen molar-refractivity contribution in [2.75, 3.05) is 26.2 Å². The summed E-state index contributed by atoms with van der Waals surface area (Å²) in [5.74, 6) is 0.776. The van der Waals surface area contributed by atoms with Crippen molar-refractivity contribution in [3.63, 3.8) is 0 Å². The van der Waals surface area contributed by atoms with Crippen LogP contribution in [0.25, 0.3) is 0 Å². The molecule has 1 N–H and O–H groups in total. The maximum atomic E-state index is 12.9. The third-order valence-electron chi connectivity index (χ3n) is 4.21. The van der Waals surface area contributed by atoms with Crippen LogP contribution in [0, 0.1) is 5.92 Å². The van der Waals surface area contributed by atoms with Gasteiger partial charge in [-0.05, 0) is 64.3 Å². The van der Waals surface area contributed by atoms with E-state index in [-0.39, 0.29) is 5.91 Å². The molecular weight excluding hydrogens is 262 g/mol. The van der Waals surface area contributed by atoms with Gasteiger partial charge in [-0.2, -0.15) is 0 Å². The first-order valence-electron chi connectivity index (χ1n) is 8.30. The van der Waals surface area contributed by atoms with Gasteiger partial charge in [-0.25, -0.2) is 0 Å². The van der Waals surface area contributed by atoms with E-state index in [1.54, 1.807) is 0 Å². The molecule has 1 amide bonds. The Kier molecular flexibility index (Phi) is 5.85. The van der Waals surface area contributed by atoms with Gasteiger partial charge in [0.25, 0.3) is 5.91 Å². The molecule has 4 heteroatoms. The molecule has 0 bridgehead atoms. The van der Waals surface area contributed by atoms with Gasteiger partial charge in [0.1, 0.15) is 5.69 Å². The molecule has 0 saturated carbocycles. The molecule has 1 aliphatic heterocycles. The fraction of sp³-hybridized carbons (Fsp3) is 0.706. The highest BCUT2D eigenvalue weighted by atomic mass is 16.2. The number of hydrogen-bond acceptors (Lipinski definition) is 2. The van der Waals surface area contributed by atoms with Crippen molar-refractivity contribution in [2.24, 2.45) is 5.92 Å². The summed E-state index contributed by atoms with van der Waals surface area (Å²) in [6.45, 7) is 10.3. The van der Waals surface area contributed by atoms with E-state index in [9.17, 15) is 4.79 Å². The molecular formula is C17H29N3O. The van der Waals surface area contributed by atoms with Crippen molar-refractivity contribution in [1.29, 1.82) is 0 Å². The Morgan fingerprint density at radius 1 is 1.52 bits per heavy atom. The van der Waals surface area contributed by atoms with E-state index in [1.165, 1.54) is 12.8 Å². The summed E-state index contributed by atoms with van der Waals surface area (Å²) >= 11 is 0. The van der Waals surface area contributed by atoms with Crippen molar-refractivity contribution in [3.05, 3.63) is 24.0 Å². The SMILES string of the molecule is CCCN(CC1CCCNC1)C(=O)c1cccn1C(C)C. The Bertz CT molecular complexity index is 447. The van der Waals surface area contributed by atoms with Gasteiger partial charge in [0.2, 0.25) is 0 Å². The van der Waals surface area contributed by atoms with Crippen LogP contribution in [-0.4, -0.2) is 41.6 Å². The number of hydrogen-bond donors (Lipinski definition) is 1. The number of nitrogens with one attached hydrogen (secondary N) is 1. The van der Waals surface area contributed by atoms with Crippen LogP contribution in [0.2, 0.25) is 0 Å². The lowest BCUT2D eigenvalue weighted by atomic mass is 9.99. The van der Waals surface area contributed by atoms with Crippen LogP contribution in [0.3, 0.4) is 0 Å². The molecule has 0 aromatic carbocycles. The predicted octanol–water partition coefficient (Wildman–Crippen LogP) is 2.92. The van der Waals surface area contributed by atoms with Gasteiger partial charge >= 0.3 is 0 Å². The predicted molar refractivity (Wildman–Crippen MR) is 86.6 cm³/mol. The monoisotopic (exact) mass is 291 g/mol. The molecule has 0 aliphatic carbocycles. The third-order valence-corrected chi connectivity index (χ3v) is 4.21. The standard InChI is InChI=1S/C17H29N3O/c1-4-10-19(13-15-7-5-9-18-12-15)17(21)16-8-6-11-20(16)14(2)3/h6,8,11,14-15,18H,4-5,7,9-10,12-13H2,1-3H3. The summed E-state index contributed by atoms with van der Waals surface area (Å²) < 4.78 is 2.07. The molecule has 1 aromatic heterocycles. The first-order chi connectivity index (χ1) is 10.1. The minimum Gasteiger partial charge on any atom is -0.341 e. The van der Waals surface area contributed by atoms with Gasteiger partial charge in [-0.1, -0.05) is 6.92 Å². The van der Waals surface area contributed by atoms with E-state index in [0.717, 1.165) is 38.3 Å². The van der Waals surface area contributed by atoms with Crippen molar-refractivity contribution in [2.45, 2.75) is 46.1 Å². The Morgan fingerprint density at radius 3 is 2.95 bits per heavy atom. The number of nitrogens with zero attached hydrogens (tertiary/aromatic N) is 2. The molecule has 118 valence electrons. The first-order valence-corrected chi connectivity index (χ1v) is 8.30. The Balaban J connectivity index is 2.08. The van der Waals surface area contributed by atoms with Crippen molar-refractivity contribution < 1.29 is 4.79 Å². The maximum absolute atomic E-state index is 12.9. The van der Waals surface area contributed by atoms with Crippen LogP contribution in [0.4, 0.5) is 0 Å². The van der Waals surface area contributed by atoms with Gasteiger partial charge in [0, 0.05) is 25.3 Å². The van der Waals surface area contributed by atoms with E-state index < -0.39 is 0 Å². The quantitative estimate of drug-likeness (QED) is 0.875. The highest BCUT2D eigenvalue weighted by Crippen LogP contribution is 2.17. The van der Waals surface area contributed by atoms with Gasteiger partial charge in [-0.3, -0.25) is 4.79 Å². The molecule has 1 atom stereocenters. The molecule has 1 fully saturated rings. The number of rotatable bonds is 6. The molecule has 21 heavy (non-hydrogen) atoms. The van der Waals surface area contributed by atoms with Crippen LogP contribution in [-0.2, 0) is 0 Å². The summed E-state index contributed by atoms with van der Waals surface area (Å²) in [5, 5.41) is 3.44. The molecule has 1 unspecified atom stereocenters. The molecule has 0 radical (unpaired) electrons. The first kappa shape index (κ1) is 16.1. The minimum atomic E-state index is 0.182. The molecule has 2 heterocycles. The minimum absolute atomic E-state index is 0.182. The zero-order chi connectivity index (χ0) is 15.2. The van der Waals surface area contributed by atoms with Crippen LogP contribution >= 0.6 is 0 Å². The summed E-state index contributed by atoms with van der Waals surface area (Å²) in [6.07, 6.45) is 5.46. The lowest BCUT2D eigenvalue weighted by Gasteiger charge is -2.30. The van der Waals surface area contributed by atoms with E-state index in [1.807, 2.05) is 23.2 Å². The highest BCUT2D eigenvalue weighted by Gasteiger charge is 2.23. The second-order valence-electron chi connectivity index (χ2n) is 6.36. The zero-order valence-corrected chi connectivity index (χ0v) is 13.6.